The molecule has 0 atom stereocenters. The molecule has 0 radical (unpaired) electrons. The van der Waals surface area contributed by atoms with Crippen molar-refractivity contribution in [2.45, 2.75) is 26.7 Å². The Kier molecular flexibility index (Phi) is 5.49. The maximum atomic E-state index is 12.4. The second-order valence-electron chi connectivity index (χ2n) is 4.20. The Bertz CT molecular complexity index is 405. The van der Waals surface area contributed by atoms with Crippen LogP contribution in [0.15, 0.2) is 18.2 Å². The van der Waals surface area contributed by atoms with Gasteiger partial charge in [0.15, 0.2) is 0 Å². The largest absolute Gasteiger partial charge is 0.496 e. The molecule has 1 rings (SSSR count). The van der Waals surface area contributed by atoms with E-state index in [4.69, 9.17) is 10.5 Å². The summed E-state index contributed by atoms with van der Waals surface area (Å²) in [4.78, 5) is 14.2. The van der Waals surface area contributed by atoms with Crippen molar-refractivity contribution in [3.8, 4) is 5.75 Å². The van der Waals surface area contributed by atoms with Crippen molar-refractivity contribution in [1.29, 1.82) is 0 Å². The third-order valence-corrected chi connectivity index (χ3v) is 2.91. The van der Waals surface area contributed by atoms with Gasteiger partial charge in [-0.15, -0.1) is 0 Å². The Hall–Kier alpha value is -1.71. The van der Waals surface area contributed by atoms with Gasteiger partial charge in [0.05, 0.1) is 12.7 Å². The highest BCUT2D eigenvalue weighted by Crippen LogP contribution is 2.23. The first-order valence-electron chi connectivity index (χ1n) is 6.36. The fourth-order valence-electron chi connectivity index (χ4n) is 1.81. The first kappa shape index (κ1) is 14.4. The van der Waals surface area contributed by atoms with Crippen LogP contribution in [0.2, 0.25) is 0 Å². The van der Waals surface area contributed by atoms with Crippen LogP contribution in [-0.2, 0) is 0 Å². The Balaban J connectivity index is 2.93. The van der Waals surface area contributed by atoms with Gasteiger partial charge in [-0.1, -0.05) is 13.3 Å². The van der Waals surface area contributed by atoms with E-state index < -0.39 is 0 Å². The van der Waals surface area contributed by atoms with Crippen LogP contribution in [0.3, 0.4) is 0 Å². The number of rotatable bonds is 6. The molecule has 0 saturated carbocycles. The summed E-state index contributed by atoms with van der Waals surface area (Å²) in [5.41, 5.74) is 6.86. The van der Waals surface area contributed by atoms with E-state index >= 15 is 0 Å². The molecule has 1 aromatic rings. The molecule has 1 aromatic carbocycles. The number of amides is 1. The summed E-state index contributed by atoms with van der Waals surface area (Å²) in [5, 5.41) is 0. The molecule has 100 valence electrons. The Morgan fingerprint density at radius 2 is 2.11 bits per heavy atom. The molecule has 0 saturated heterocycles. The molecule has 0 fully saturated rings. The number of nitrogens with zero attached hydrogens (tertiary/aromatic N) is 1. The van der Waals surface area contributed by atoms with Gasteiger partial charge < -0.3 is 15.4 Å². The van der Waals surface area contributed by atoms with Crippen LogP contribution in [0.5, 0.6) is 5.75 Å². The van der Waals surface area contributed by atoms with Gasteiger partial charge in [0.1, 0.15) is 5.75 Å². The minimum atomic E-state index is 0.00259. The van der Waals surface area contributed by atoms with Crippen molar-refractivity contribution in [2.24, 2.45) is 0 Å². The first-order chi connectivity index (χ1) is 8.63. The molecule has 0 bridgehead atoms. The molecular formula is C14H22N2O2. The number of unbranched alkanes of at least 4 members (excludes halogenated alkanes) is 1. The molecule has 0 aliphatic rings. The molecule has 0 spiro atoms. The predicted molar refractivity (Wildman–Crippen MR) is 73.9 cm³/mol. The number of carbonyl (C=O) groups is 1. The minimum Gasteiger partial charge on any atom is -0.496 e. The third-order valence-electron chi connectivity index (χ3n) is 2.91. The van der Waals surface area contributed by atoms with Crippen molar-refractivity contribution in [1.82, 2.24) is 4.90 Å². The fraction of sp³-hybridized carbons (Fsp3) is 0.500. The summed E-state index contributed by atoms with van der Waals surface area (Å²) in [6, 6.07) is 5.13. The van der Waals surface area contributed by atoms with E-state index in [-0.39, 0.29) is 5.91 Å². The average molecular weight is 250 g/mol. The monoisotopic (exact) mass is 250 g/mol. The number of methoxy groups -OCH3 is 1. The van der Waals surface area contributed by atoms with Gasteiger partial charge in [-0.2, -0.15) is 0 Å². The maximum absolute atomic E-state index is 12.4. The lowest BCUT2D eigenvalue weighted by Gasteiger charge is -2.21. The van der Waals surface area contributed by atoms with Gasteiger partial charge in [0.2, 0.25) is 0 Å². The summed E-state index contributed by atoms with van der Waals surface area (Å²) in [6.07, 6.45) is 2.08. The molecule has 1 amide bonds. The quantitative estimate of drug-likeness (QED) is 0.789. The number of hydrogen-bond acceptors (Lipinski definition) is 3. The second kappa shape index (κ2) is 6.89. The van der Waals surface area contributed by atoms with Crippen molar-refractivity contribution in [3.63, 3.8) is 0 Å². The molecule has 4 heteroatoms. The van der Waals surface area contributed by atoms with E-state index in [2.05, 4.69) is 6.92 Å². The molecule has 4 nitrogen and oxygen atoms in total. The van der Waals surface area contributed by atoms with Crippen LogP contribution in [0.25, 0.3) is 0 Å². The van der Waals surface area contributed by atoms with Crippen LogP contribution < -0.4 is 10.5 Å². The summed E-state index contributed by atoms with van der Waals surface area (Å²) in [5.74, 6) is 0.540. The minimum absolute atomic E-state index is 0.00259. The maximum Gasteiger partial charge on any atom is 0.257 e. The number of carbonyl (C=O) groups excluding carboxylic acids is 1. The van der Waals surface area contributed by atoms with Gasteiger partial charge in [0.25, 0.3) is 5.91 Å². The van der Waals surface area contributed by atoms with Crippen molar-refractivity contribution < 1.29 is 9.53 Å². The number of hydrogen-bond donors (Lipinski definition) is 1. The summed E-state index contributed by atoms with van der Waals surface area (Å²) in [6.45, 7) is 5.57. The number of ether oxygens (including phenoxy) is 1. The molecule has 0 aliphatic carbocycles. The summed E-state index contributed by atoms with van der Waals surface area (Å²) in [7, 11) is 1.55. The van der Waals surface area contributed by atoms with Gasteiger partial charge in [-0.05, 0) is 25.5 Å². The predicted octanol–water partition coefficient (Wildman–Crippen LogP) is 2.54. The van der Waals surface area contributed by atoms with Crippen molar-refractivity contribution >= 4 is 11.6 Å². The summed E-state index contributed by atoms with van der Waals surface area (Å²) < 4.78 is 5.22. The molecule has 0 heterocycles. The lowest BCUT2D eigenvalue weighted by atomic mass is 10.1. The SMILES string of the molecule is CCCCN(CC)C(=O)c1ccc(N)cc1OC. The Labute approximate surface area is 109 Å². The molecular weight excluding hydrogens is 228 g/mol. The van der Waals surface area contributed by atoms with Crippen LogP contribution in [0.4, 0.5) is 5.69 Å². The van der Waals surface area contributed by atoms with E-state index in [0.717, 1.165) is 19.4 Å². The van der Waals surface area contributed by atoms with E-state index in [9.17, 15) is 4.79 Å². The number of anilines is 1. The smallest absolute Gasteiger partial charge is 0.257 e. The van der Waals surface area contributed by atoms with Crippen molar-refractivity contribution in [2.75, 3.05) is 25.9 Å². The van der Waals surface area contributed by atoms with E-state index in [1.54, 1.807) is 25.3 Å². The fourth-order valence-corrected chi connectivity index (χ4v) is 1.81. The molecule has 2 N–H and O–H groups in total. The van der Waals surface area contributed by atoms with Crippen LogP contribution in [0, 0.1) is 0 Å². The van der Waals surface area contributed by atoms with Gasteiger partial charge in [0, 0.05) is 24.8 Å². The second-order valence-corrected chi connectivity index (χ2v) is 4.20. The van der Waals surface area contributed by atoms with Gasteiger partial charge in [-0.3, -0.25) is 4.79 Å². The van der Waals surface area contributed by atoms with E-state index in [0.29, 0.717) is 23.5 Å². The molecule has 0 aromatic heterocycles. The molecule has 0 unspecified atom stereocenters. The zero-order chi connectivity index (χ0) is 13.5. The van der Waals surface area contributed by atoms with Crippen LogP contribution in [-0.4, -0.2) is 31.0 Å². The Morgan fingerprint density at radius 1 is 1.39 bits per heavy atom. The van der Waals surface area contributed by atoms with Crippen molar-refractivity contribution in [3.05, 3.63) is 23.8 Å². The molecule has 0 aliphatic heterocycles. The lowest BCUT2D eigenvalue weighted by Crippen LogP contribution is -2.32. The standard InChI is InChI=1S/C14H22N2O2/c1-4-6-9-16(5-2)14(17)12-8-7-11(15)10-13(12)18-3/h7-8,10H,4-6,9,15H2,1-3H3. The Morgan fingerprint density at radius 3 is 2.67 bits per heavy atom. The zero-order valence-electron chi connectivity index (χ0n) is 11.4. The molecule has 18 heavy (non-hydrogen) atoms. The van der Waals surface area contributed by atoms with Gasteiger partial charge in [-0.25, -0.2) is 0 Å². The topological polar surface area (TPSA) is 55.6 Å². The average Bonchev–Trinajstić information content (AvgIpc) is 2.39. The number of nitrogen functional groups attached to an aromatic ring is 1. The van der Waals surface area contributed by atoms with Crippen LogP contribution >= 0.6 is 0 Å². The highest BCUT2D eigenvalue weighted by atomic mass is 16.5. The summed E-state index contributed by atoms with van der Waals surface area (Å²) >= 11 is 0. The van der Waals surface area contributed by atoms with E-state index in [1.807, 2.05) is 11.8 Å². The van der Waals surface area contributed by atoms with Gasteiger partial charge >= 0.3 is 0 Å². The number of nitrogens with two attached hydrogens (primary N) is 1. The number of benzene rings is 1. The first-order valence-corrected chi connectivity index (χ1v) is 6.36. The lowest BCUT2D eigenvalue weighted by molar-refractivity contribution is 0.0759. The third kappa shape index (κ3) is 3.39. The zero-order valence-corrected chi connectivity index (χ0v) is 11.4. The normalized spacial score (nSPS) is 10.2. The highest BCUT2D eigenvalue weighted by Gasteiger charge is 2.17. The van der Waals surface area contributed by atoms with E-state index in [1.165, 1.54) is 0 Å². The highest BCUT2D eigenvalue weighted by molar-refractivity contribution is 5.97. The van der Waals surface area contributed by atoms with Crippen LogP contribution in [0.1, 0.15) is 37.0 Å².